The number of hydrogen-bond acceptors (Lipinski definition) is 3. The van der Waals surface area contributed by atoms with Gasteiger partial charge in [-0.2, -0.15) is 0 Å². The van der Waals surface area contributed by atoms with E-state index in [1.807, 2.05) is 24.3 Å². The molecule has 1 fully saturated rings. The molecule has 1 aliphatic heterocycles. The molecule has 19 heavy (non-hydrogen) atoms. The molecule has 4 nitrogen and oxygen atoms in total. The number of hydrogen-bond donors (Lipinski definition) is 2. The highest BCUT2D eigenvalue weighted by Gasteiger charge is 2.29. The Morgan fingerprint density at radius 1 is 1.37 bits per heavy atom. The molecule has 2 unspecified atom stereocenters. The van der Waals surface area contributed by atoms with E-state index in [0.717, 1.165) is 29.5 Å². The summed E-state index contributed by atoms with van der Waals surface area (Å²) < 4.78 is 0. The topological polar surface area (TPSA) is 54.0 Å². The summed E-state index contributed by atoms with van der Waals surface area (Å²) in [6.07, 6.45) is 3.55. The van der Waals surface area contributed by atoms with E-state index in [0.29, 0.717) is 5.92 Å². The summed E-state index contributed by atoms with van der Waals surface area (Å²) in [5, 5.41) is 8.36. The zero-order chi connectivity index (χ0) is 13.2. The molecular formula is C15H17N3O. The van der Waals surface area contributed by atoms with E-state index >= 15 is 0 Å². The molecule has 2 heterocycles. The monoisotopic (exact) mass is 255 g/mol. The molecule has 1 aliphatic rings. The number of anilines is 1. The minimum Gasteiger partial charge on any atom is -0.325 e. The van der Waals surface area contributed by atoms with Crippen molar-refractivity contribution in [3.05, 3.63) is 36.7 Å². The minimum atomic E-state index is 0.0481. The van der Waals surface area contributed by atoms with Gasteiger partial charge >= 0.3 is 0 Å². The molecule has 2 aromatic rings. The summed E-state index contributed by atoms with van der Waals surface area (Å²) in [5.41, 5.74) is 0.842. The van der Waals surface area contributed by atoms with Gasteiger partial charge in [-0.3, -0.25) is 9.78 Å². The lowest BCUT2D eigenvalue weighted by atomic mass is 9.97. The smallest absolute Gasteiger partial charge is 0.229 e. The molecule has 3 rings (SSSR count). The molecule has 0 aliphatic carbocycles. The van der Waals surface area contributed by atoms with E-state index in [1.54, 1.807) is 12.4 Å². The fourth-order valence-electron chi connectivity index (χ4n) is 2.61. The quantitative estimate of drug-likeness (QED) is 0.863. The number of nitrogens with zero attached hydrogens (tertiary/aromatic N) is 1. The van der Waals surface area contributed by atoms with Crippen LogP contribution in [0.3, 0.4) is 0 Å². The van der Waals surface area contributed by atoms with Gasteiger partial charge in [0.15, 0.2) is 0 Å². The van der Waals surface area contributed by atoms with Crippen LogP contribution in [-0.2, 0) is 4.79 Å². The number of benzene rings is 1. The fourth-order valence-corrected chi connectivity index (χ4v) is 2.61. The number of carbonyl (C=O) groups excluding carboxylic acids is 1. The van der Waals surface area contributed by atoms with Crippen molar-refractivity contribution < 1.29 is 4.79 Å². The Labute approximate surface area is 112 Å². The molecule has 4 heteroatoms. The van der Waals surface area contributed by atoms with Gasteiger partial charge in [-0.1, -0.05) is 19.1 Å². The second kappa shape index (κ2) is 4.97. The molecule has 1 amide bonds. The average molecular weight is 255 g/mol. The Balaban J connectivity index is 1.87. The van der Waals surface area contributed by atoms with Gasteiger partial charge in [0.25, 0.3) is 0 Å². The van der Waals surface area contributed by atoms with E-state index < -0.39 is 0 Å². The Morgan fingerprint density at radius 3 is 3.05 bits per heavy atom. The third-order valence-corrected chi connectivity index (χ3v) is 3.80. The predicted molar refractivity (Wildman–Crippen MR) is 75.9 cm³/mol. The van der Waals surface area contributed by atoms with Crippen molar-refractivity contribution in [3.8, 4) is 0 Å². The SMILES string of the molecule is CC1CNCC1C(=O)Nc1cccc2ccncc12. The van der Waals surface area contributed by atoms with Gasteiger partial charge in [-0.15, -0.1) is 0 Å². The molecule has 1 aromatic heterocycles. The largest absolute Gasteiger partial charge is 0.325 e. The third-order valence-electron chi connectivity index (χ3n) is 3.80. The maximum atomic E-state index is 12.3. The van der Waals surface area contributed by atoms with E-state index in [-0.39, 0.29) is 11.8 Å². The molecule has 1 aromatic carbocycles. The van der Waals surface area contributed by atoms with Crippen LogP contribution in [0.5, 0.6) is 0 Å². The number of rotatable bonds is 2. The third kappa shape index (κ3) is 2.31. The average Bonchev–Trinajstić information content (AvgIpc) is 2.85. The number of aromatic nitrogens is 1. The maximum absolute atomic E-state index is 12.3. The van der Waals surface area contributed by atoms with Crippen molar-refractivity contribution in [1.82, 2.24) is 10.3 Å². The van der Waals surface area contributed by atoms with Gasteiger partial charge < -0.3 is 10.6 Å². The van der Waals surface area contributed by atoms with E-state index in [2.05, 4.69) is 22.5 Å². The molecule has 98 valence electrons. The number of carbonyl (C=O) groups is 1. The van der Waals surface area contributed by atoms with Gasteiger partial charge in [0.1, 0.15) is 0 Å². The van der Waals surface area contributed by atoms with Gasteiger partial charge in [-0.25, -0.2) is 0 Å². The van der Waals surface area contributed by atoms with Gasteiger partial charge in [-0.05, 0) is 30.0 Å². The summed E-state index contributed by atoms with van der Waals surface area (Å²) in [6, 6.07) is 7.85. The normalized spacial score (nSPS) is 22.6. The first-order chi connectivity index (χ1) is 9.25. The first-order valence-corrected chi connectivity index (χ1v) is 6.60. The van der Waals surface area contributed by atoms with Crippen molar-refractivity contribution in [3.63, 3.8) is 0 Å². The first kappa shape index (κ1) is 12.1. The highest BCUT2D eigenvalue weighted by molar-refractivity contribution is 6.02. The number of fused-ring (bicyclic) bond motifs is 1. The molecule has 0 bridgehead atoms. The summed E-state index contributed by atoms with van der Waals surface area (Å²) in [4.78, 5) is 16.4. The summed E-state index contributed by atoms with van der Waals surface area (Å²) in [6.45, 7) is 3.78. The van der Waals surface area contributed by atoms with Crippen LogP contribution < -0.4 is 10.6 Å². The highest BCUT2D eigenvalue weighted by Crippen LogP contribution is 2.24. The Morgan fingerprint density at radius 2 is 2.26 bits per heavy atom. The molecule has 1 saturated heterocycles. The molecule has 2 atom stereocenters. The Kier molecular flexibility index (Phi) is 3.17. The Bertz CT molecular complexity index is 606. The lowest BCUT2D eigenvalue weighted by Crippen LogP contribution is -2.27. The van der Waals surface area contributed by atoms with Crippen molar-refractivity contribution in [2.75, 3.05) is 18.4 Å². The van der Waals surface area contributed by atoms with Crippen LogP contribution in [0.2, 0.25) is 0 Å². The van der Waals surface area contributed by atoms with Crippen molar-refractivity contribution in [1.29, 1.82) is 0 Å². The van der Waals surface area contributed by atoms with E-state index in [4.69, 9.17) is 0 Å². The van der Waals surface area contributed by atoms with Crippen LogP contribution in [-0.4, -0.2) is 24.0 Å². The molecular weight excluding hydrogens is 238 g/mol. The van der Waals surface area contributed by atoms with Crippen LogP contribution in [0.4, 0.5) is 5.69 Å². The van der Waals surface area contributed by atoms with Crippen LogP contribution in [0.15, 0.2) is 36.7 Å². The second-order valence-electron chi connectivity index (χ2n) is 5.13. The number of amides is 1. The zero-order valence-electron chi connectivity index (χ0n) is 10.9. The Hall–Kier alpha value is -1.94. The summed E-state index contributed by atoms with van der Waals surface area (Å²) in [7, 11) is 0. The summed E-state index contributed by atoms with van der Waals surface area (Å²) >= 11 is 0. The van der Waals surface area contributed by atoms with Gasteiger partial charge in [0.05, 0.1) is 11.6 Å². The lowest BCUT2D eigenvalue weighted by molar-refractivity contribution is -0.120. The molecule has 2 N–H and O–H groups in total. The van der Waals surface area contributed by atoms with Crippen molar-refractivity contribution >= 4 is 22.4 Å². The predicted octanol–water partition coefficient (Wildman–Crippen LogP) is 2.03. The fraction of sp³-hybridized carbons (Fsp3) is 0.333. The first-order valence-electron chi connectivity index (χ1n) is 6.60. The zero-order valence-corrected chi connectivity index (χ0v) is 10.9. The van der Waals surface area contributed by atoms with Crippen LogP contribution in [0.1, 0.15) is 6.92 Å². The molecule has 0 saturated carbocycles. The van der Waals surface area contributed by atoms with Crippen LogP contribution in [0, 0.1) is 11.8 Å². The minimum absolute atomic E-state index is 0.0481. The second-order valence-corrected chi connectivity index (χ2v) is 5.13. The van der Waals surface area contributed by atoms with Crippen molar-refractivity contribution in [2.24, 2.45) is 11.8 Å². The van der Waals surface area contributed by atoms with Crippen molar-refractivity contribution in [2.45, 2.75) is 6.92 Å². The molecule has 0 spiro atoms. The van der Waals surface area contributed by atoms with E-state index in [1.165, 1.54) is 0 Å². The lowest BCUT2D eigenvalue weighted by Gasteiger charge is -2.15. The van der Waals surface area contributed by atoms with Gasteiger partial charge in [0.2, 0.25) is 5.91 Å². The molecule has 0 radical (unpaired) electrons. The number of pyridine rings is 1. The highest BCUT2D eigenvalue weighted by atomic mass is 16.1. The standard InChI is InChI=1S/C15H17N3O/c1-10-7-17-8-12(10)15(19)18-14-4-2-3-11-5-6-16-9-13(11)14/h2-6,9-10,12,17H,7-8H2,1H3,(H,18,19). The van der Waals surface area contributed by atoms with Gasteiger partial charge in [0, 0.05) is 24.3 Å². The summed E-state index contributed by atoms with van der Waals surface area (Å²) in [5.74, 6) is 0.522. The maximum Gasteiger partial charge on any atom is 0.229 e. The number of nitrogens with one attached hydrogen (secondary N) is 2. The van der Waals surface area contributed by atoms with Crippen LogP contribution >= 0.6 is 0 Å². The van der Waals surface area contributed by atoms with E-state index in [9.17, 15) is 4.79 Å². The van der Waals surface area contributed by atoms with Crippen LogP contribution in [0.25, 0.3) is 10.8 Å².